The summed E-state index contributed by atoms with van der Waals surface area (Å²) < 4.78 is 1.35. The Hall–Kier alpha value is -3.13. The highest BCUT2D eigenvalue weighted by molar-refractivity contribution is 8.00. The fraction of sp³-hybridized carbons (Fsp3) is 0.158. The summed E-state index contributed by atoms with van der Waals surface area (Å²) in [6.07, 6.45) is 0. The molecule has 0 bridgehead atoms. The number of aryl methyl sites for hydroxylation is 1. The van der Waals surface area contributed by atoms with E-state index in [4.69, 9.17) is 5.84 Å². The molecule has 0 saturated heterocycles. The minimum absolute atomic E-state index is 0.0632. The summed E-state index contributed by atoms with van der Waals surface area (Å²) in [6.45, 7) is 3.22. The maximum absolute atomic E-state index is 13.0. The highest BCUT2D eigenvalue weighted by atomic mass is 32.2. The van der Waals surface area contributed by atoms with Gasteiger partial charge in [0.1, 0.15) is 11.1 Å². The molecule has 0 aliphatic rings. The first-order valence-corrected chi connectivity index (χ1v) is 9.14. The fourth-order valence-electron chi connectivity index (χ4n) is 2.46. The lowest BCUT2D eigenvalue weighted by Crippen LogP contribution is -2.20. The molecule has 3 aromatic rings. The van der Waals surface area contributed by atoms with Crippen molar-refractivity contribution in [1.82, 2.24) is 14.9 Å². The van der Waals surface area contributed by atoms with Gasteiger partial charge in [-0.2, -0.15) is 0 Å². The van der Waals surface area contributed by atoms with Crippen LogP contribution in [0.4, 0.5) is 5.69 Å². The fourth-order valence-corrected chi connectivity index (χ4v) is 3.46. The number of aromatic nitrogens is 3. The van der Waals surface area contributed by atoms with Gasteiger partial charge in [0.2, 0.25) is 11.1 Å². The van der Waals surface area contributed by atoms with E-state index < -0.39 is 5.25 Å². The summed E-state index contributed by atoms with van der Waals surface area (Å²) in [5, 5.41) is 10.7. The summed E-state index contributed by atoms with van der Waals surface area (Å²) in [4.78, 5) is 24.6. The van der Waals surface area contributed by atoms with Crippen LogP contribution >= 0.6 is 11.8 Å². The first-order valence-electron chi connectivity index (χ1n) is 8.26. The number of nitrogens with zero attached hydrogens (tertiary/aromatic N) is 3. The second-order valence-corrected chi connectivity index (χ2v) is 7.01. The van der Waals surface area contributed by atoms with Gasteiger partial charge in [-0.05, 0) is 31.5 Å². The first kappa shape index (κ1) is 18.7. The average Bonchev–Trinajstić information content (AvgIpc) is 2.98. The van der Waals surface area contributed by atoms with E-state index >= 15 is 0 Å². The number of anilines is 1. The Morgan fingerprint density at radius 2 is 1.85 bits per heavy atom. The molecule has 27 heavy (non-hydrogen) atoms. The minimum Gasteiger partial charge on any atom is -0.336 e. The van der Waals surface area contributed by atoms with Crippen LogP contribution in [0.15, 0.2) is 59.8 Å². The second-order valence-electron chi connectivity index (χ2n) is 5.93. The summed E-state index contributed by atoms with van der Waals surface area (Å²) in [7, 11) is 0. The summed E-state index contributed by atoms with van der Waals surface area (Å²) in [5.74, 6) is 6.18. The number of hydrogen-bond acceptors (Lipinski definition) is 6. The van der Waals surface area contributed by atoms with Gasteiger partial charge in [-0.1, -0.05) is 54.2 Å². The minimum atomic E-state index is -0.585. The number of carbonyl (C=O) groups excluding carboxylic acids is 2. The van der Waals surface area contributed by atoms with Crippen molar-refractivity contribution in [3.05, 3.63) is 71.5 Å². The van der Waals surface area contributed by atoms with Crippen LogP contribution in [-0.4, -0.2) is 26.6 Å². The Bertz CT molecular complexity index is 971. The van der Waals surface area contributed by atoms with Gasteiger partial charge in [0.15, 0.2) is 5.78 Å². The van der Waals surface area contributed by atoms with Crippen LogP contribution in [0.1, 0.15) is 33.9 Å². The van der Waals surface area contributed by atoms with Crippen LogP contribution < -0.4 is 11.2 Å². The molecule has 0 fully saturated rings. The maximum Gasteiger partial charge on any atom is 0.242 e. The third-order valence-corrected chi connectivity index (χ3v) is 5.15. The Morgan fingerprint density at radius 3 is 2.48 bits per heavy atom. The molecule has 1 amide bonds. The molecular formula is C19H19N5O2S. The van der Waals surface area contributed by atoms with E-state index in [1.165, 1.54) is 23.4 Å². The second kappa shape index (κ2) is 8.05. The van der Waals surface area contributed by atoms with Gasteiger partial charge in [-0.25, -0.2) is 4.68 Å². The van der Waals surface area contributed by atoms with Crippen molar-refractivity contribution >= 4 is 29.1 Å². The van der Waals surface area contributed by atoms with Crippen LogP contribution in [0.25, 0.3) is 0 Å². The predicted octanol–water partition coefficient (Wildman–Crippen LogP) is 2.98. The molecule has 3 rings (SSSR count). The number of amides is 1. The number of nitrogen functional groups attached to an aromatic ring is 1. The molecule has 0 saturated carbocycles. The predicted molar refractivity (Wildman–Crippen MR) is 105 cm³/mol. The largest absolute Gasteiger partial charge is 0.336 e. The van der Waals surface area contributed by atoms with Crippen molar-refractivity contribution in [2.75, 3.05) is 11.2 Å². The molecule has 3 N–H and O–H groups in total. The molecule has 1 heterocycles. The Kier molecular flexibility index (Phi) is 5.56. The Labute approximate surface area is 161 Å². The molecular weight excluding hydrogens is 362 g/mol. The average molecular weight is 381 g/mol. The smallest absolute Gasteiger partial charge is 0.242 e. The Balaban J connectivity index is 1.88. The first-order chi connectivity index (χ1) is 13.0. The van der Waals surface area contributed by atoms with Gasteiger partial charge < -0.3 is 11.2 Å². The van der Waals surface area contributed by atoms with Gasteiger partial charge in [-0.3, -0.25) is 9.59 Å². The highest BCUT2D eigenvalue weighted by Crippen LogP contribution is 2.35. The lowest BCUT2D eigenvalue weighted by molar-refractivity contribution is -0.115. The zero-order valence-corrected chi connectivity index (χ0v) is 15.7. The number of thioether (sulfide) groups is 1. The number of benzene rings is 2. The molecule has 2 aromatic carbocycles. The van der Waals surface area contributed by atoms with Crippen molar-refractivity contribution in [2.45, 2.75) is 24.3 Å². The lowest BCUT2D eigenvalue weighted by atomic mass is 10.1. The number of nitrogens with one attached hydrogen (secondary N) is 1. The van der Waals surface area contributed by atoms with E-state index in [9.17, 15) is 9.59 Å². The third kappa shape index (κ3) is 4.35. The van der Waals surface area contributed by atoms with Crippen LogP contribution in [0, 0.1) is 6.92 Å². The van der Waals surface area contributed by atoms with Crippen LogP contribution in [-0.2, 0) is 4.79 Å². The quantitative estimate of drug-likeness (QED) is 0.387. The normalized spacial score (nSPS) is 11.8. The molecule has 7 nitrogen and oxygen atoms in total. The van der Waals surface area contributed by atoms with Crippen molar-refractivity contribution < 1.29 is 9.59 Å². The third-order valence-electron chi connectivity index (χ3n) is 3.94. The molecule has 8 heteroatoms. The number of ketones is 1. The zero-order valence-electron chi connectivity index (χ0n) is 14.9. The van der Waals surface area contributed by atoms with Gasteiger partial charge in [0.05, 0.1) is 0 Å². The van der Waals surface area contributed by atoms with Gasteiger partial charge in [-0.15, -0.1) is 10.2 Å². The van der Waals surface area contributed by atoms with Gasteiger partial charge >= 0.3 is 0 Å². The zero-order chi connectivity index (χ0) is 19.4. The van der Waals surface area contributed by atoms with E-state index in [1.54, 1.807) is 31.2 Å². The molecule has 1 unspecified atom stereocenters. The van der Waals surface area contributed by atoms with E-state index in [2.05, 4.69) is 15.5 Å². The molecule has 0 aliphatic carbocycles. The number of rotatable bonds is 6. The molecule has 1 atom stereocenters. The van der Waals surface area contributed by atoms with Crippen molar-refractivity contribution in [3.8, 4) is 0 Å². The van der Waals surface area contributed by atoms with Crippen LogP contribution in [0.5, 0.6) is 0 Å². The summed E-state index contributed by atoms with van der Waals surface area (Å²) in [5.41, 5.74) is 1.90. The number of Topliss-reactive ketones (excluding diaryl/α,β-unsaturated/α-hetero) is 1. The molecule has 0 radical (unpaired) electrons. The monoisotopic (exact) mass is 381 g/mol. The summed E-state index contributed by atoms with van der Waals surface area (Å²) >= 11 is 1.21. The molecule has 138 valence electrons. The van der Waals surface area contributed by atoms with Crippen LogP contribution in [0.2, 0.25) is 0 Å². The van der Waals surface area contributed by atoms with Crippen molar-refractivity contribution in [2.24, 2.45) is 0 Å². The molecule has 0 spiro atoms. The lowest BCUT2D eigenvalue weighted by Gasteiger charge is -2.16. The van der Waals surface area contributed by atoms with Gasteiger partial charge in [0, 0.05) is 11.3 Å². The van der Waals surface area contributed by atoms with Crippen LogP contribution in [0.3, 0.4) is 0 Å². The highest BCUT2D eigenvalue weighted by Gasteiger charge is 2.25. The van der Waals surface area contributed by atoms with E-state index in [1.807, 2.05) is 30.3 Å². The SMILES string of the molecule is CC(=O)c1cccc(NC(=O)C(Sc2nnc(C)n2N)c2ccccc2)c1. The topological polar surface area (TPSA) is 103 Å². The van der Waals surface area contributed by atoms with Gasteiger partial charge in [0.25, 0.3) is 0 Å². The molecule has 0 aliphatic heterocycles. The standard InChI is InChI=1S/C19H19N5O2S/c1-12(25)15-9-6-10-16(11-15)21-18(26)17(14-7-4-3-5-8-14)27-19-23-22-13(2)24(19)20/h3-11,17H,20H2,1-2H3,(H,21,26). The number of hydrogen-bond donors (Lipinski definition) is 2. The summed E-state index contributed by atoms with van der Waals surface area (Å²) in [6, 6.07) is 16.2. The van der Waals surface area contributed by atoms with Crippen molar-refractivity contribution in [1.29, 1.82) is 0 Å². The number of nitrogens with two attached hydrogens (primary N) is 1. The van der Waals surface area contributed by atoms with E-state index in [-0.39, 0.29) is 11.7 Å². The number of carbonyl (C=O) groups is 2. The Morgan fingerprint density at radius 1 is 1.11 bits per heavy atom. The van der Waals surface area contributed by atoms with E-state index in [0.717, 1.165) is 5.56 Å². The maximum atomic E-state index is 13.0. The van der Waals surface area contributed by atoms with E-state index in [0.29, 0.717) is 22.2 Å². The van der Waals surface area contributed by atoms with Crippen molar-refractivity contribution in [3.63, 3.8) is 0 Å². The molecule has 1 aromatic heterocycles.